The Hall–Kier alpha value is -0.610. The third kappa shape index (κ3) is 1.95. The summed E-state index contributed by atoms with van der Waals surface area (Å²) < 4.78 is 0. The number of primary amides is 1. The lowest BCUT2D eigenvalue weighted by Gasteiger charge is -2.22. The third-order valence-corrected chi connectivity index (χ3v) is 2.35. The minimum Gasteiger partial charge on any atom is -0.392 e. The topological polar surface area (TPSA) is 66.6 Å². The van der Waals surface area contributed by atoms with Gasteiger partial charge >= 0.3 is 0 Å². The monoisotopic (exact) mass is 172 g/mol. The number of carbonyl (C=O) groups excluding carboxylic acids is 1. The molecule has 1 unspecified atom stereocenters. The summed E-state index contributed by atoms with van der Waals surface area (Å²) in [5.41, 5.74) is 5.21. The van der Waals surface area contributed by atoms with Crippen LogP contribution in [0.3, 0.4) is 0 Å². The minimum absolute atomic E-state index is 0.192. The van der Waals surface area contributed by atoms with Gasteiger partial charge in [0.05, 0.1) is 12.1 Å². The number of rotatable bonds is 3. The first-order valence-electron chi connectivity index (χ1n) is 4.36. The van der Waals surface area contributed by atoms with Crippen molar-refractivity contribution in [2.24, 2.45) is 5.73 Å². The van der Waals surface area contributed by atoms with Crippen molar-refractivity contribution in [2.75, 3.05) is 13.1 Å². The zero-order valence-electron chi connectivity index (χ0n) is 7.36. The summed E-state index contributed by atoms with van der Waals surface area (Å²) in [6, 6.07) is -0.192. The number of likely N-dealkylation sites (tertiary alicyclic amines) is 1. The number of aliphatic hydroxyl groups excluding tert-OH is 1. The third-order valence-electron chi connectivity index (χ3n) is 2.35. The van der Waals surface area contributed by atoms with Crippen molar-refractivity contribution in [1.29, 1.82) is 0 Å². The first kappa shape index (κ1) is 9.48. The Morgan fingerprint density at radius 2 is 2.50 bits per heavy atom. The summed E-state index contributed by atoms with van der Waals surface area (Å²) in [4.78, 5) is 12.9. The van der Waals surface area contributed by atoms with Gasteiger partial charge in [0.25, 0.3) is 0 Å². The second-order valence-corrected chi connectivity index (χ2v) is 3.26. The number of hydrogen-bond acceptors (Lipinski definition) is 3. The minimum atomic E-state index is -0.286. The number of carbonyl (C=O) groups is 1. The highest BCUT2D eigenvalue weighted by molar-refractivity contribution is 5.79. The molecule has 12 heavy (non-hydrogen) atoms. The molecular formula is C8H16N2O2. The molecule has 4 heteroatoms. The van der Waals surface area contributed by atoms with Gasteiger partial charge in [-0.2, -0.15) is 0 Å². The maximum atomic E-state index is 10.9. The zero-order chi connectivity index (χ0) is 9.14. The molecule has 0 aromatic heterocycles. The highest BCUT2D eigenvalue weighted by Crippen LogP contribution is 2.14. The van der Waals surface area contributed by atoms with E-state index in [1.165, 1.54) is 0 Å². The van der Waals surface area contributed by atoms with E-state index in [2.05, 4.69) is 0 Å². The number of hydrogen-bond donors (Lipinski definition) is 2. The molecule has 3 N–H and O–H groups in total. The summed E-state index contributed by atoms with van der Waals surface area (Å²) >= 11 is 0. The Balaban J connectivity index is 2.49. The molecule has 0 aliphatic carbocycles. The van der Waals surface area contributed by atoms with E-state index >= 15 is 0 Å². The van der Waals surface area contributed by atoms with Crippen LogP contribution in [0.1, 0.15) is 19.8 Å². The Morgan fingerprint density at radius 3 is 2.83 bits per heavy atom. The maximum absolute atomic E-state index is 10.9. The van der Waals surface area contributed by atoms with Gasteiger partial charge in [0.15, 0.2) is 0 Å². The number of β-amino-alcohol motifs (C(OH)–C–C–N with tert-alkyl or cyclic N) is 1. The second-order valence-electron chi connectivity index (χ2n) is 3.26. The van der Waals surface area contributed by atoms with Crippen LogP contribution in [0.25, 0.3) is 0 Å². The molecule has 1 amide bonds. The van der Waals surface area contributed by atoms with E-state index in [1.54, 1.807) is 0 Å². The van der Waals surface area contributed by atoms with Crippen LogP contribution in [-0.2, 0) is 4.79 Å². The van der Waals surface area contributed by atoms with Crippen LogP contribution in [0.2, 0.25) is 0 Å². The van der Waals surface area contributed by atoms with E-state index in [-0.39, 0.29) is 18.1 Å². The lowest BCUT2D eigenvalue weighted by Crippen LogP contribution is -2.43. The quantitative estimate of drug-likeness (QED) is 0.592. The van der Waals surface area contributed by atoms with Crippen LogP contribution in [0, 0.1) is 0 Å². The molecule has 0 saturated carbocycles. The molecule has 1 heterocycles. The molecule has 70 valence electrons. The maximum Gasteiger partial charge on any atom is 0.234 e. The fourth-order valence-corrected chi connectivity index (χ4v) is 1.69. The molecule has 1 saturated heterocycles. The van der Waals surface area contributed by atoms with Gasteiger partial charge in [-0.15, -0.1) is 0 Å². The molecule has 1 rings (SSSR count). The SMILES string of the molecule is CCC(C(N)=O)N1CC[C@@H](O)C1. The molecule has 1 aliphatic heterocycles. The van der Waals surface area contributed by atoms with Gasteiger partial charge in [-0.05, 0) is 12.8 Å². The van der Waals surface area contributed by atoms with Gasteiger partial charge in [0, 0.05) is 13.1 Å². The highest BCUT2D eigenvalue weighted by atomic mass is 16.3. The average Bonchev–Trinajstić information content (AvgIpc) is 2.37. The van der Waals surface area contributed by atoms with E-state index in [1.807, 2.05) is 11.8 Å². The van der Waals surface area contributed by atoms with Gasteiger partial charge < -0.3 is 10.8 Å². The highest BCUT2D eigenvalue weighted by Gasteiger charge is 2.28. The van der Waals surface area contributed by atoms with Gasteiger partial charge in [-0.1, -0.05) is 6.92 Å². The fraction of sp³-hybridized carbons (Fsp3) is 0.875. The summed E-state index contributed by atoms with van der Waals surface area (Å²) in [7, 11) is 0. The van der Waals surface area contributed by atoms with Crippen molar-refractivity contribution in [3.63, 3.8) is 0 Å². The lowest BCUT2D eigenvalue weighted by atomic mass is 10.2. The molecular weight excluding hydrogens is 156 g/mol. The van der Waals surface area contributed by atoms with Crippen LogP contribution < -0.4 is 5.73 Å². The van der Waals surface area contributed by atoms with E-state index in [0.717, 1.165) is 19.4 Å². The van der Waals surface area contributed by atoms with Gasteiger partial charge in [-0.25, -0.2) is 0 Å². The van der Waals surface area contributed by atoms with Crippen LogP contribution in [-0.4, -0.2) is 41.1 Å². The molecule has 0 bridgehead atoms. The number of aliphatic hydroxyl groups is 1. The molecule has 0 radical (unpaired) electrons. The van der Waals surface area contributed by atoms with Crippen LogP contribution >= 0.6 is 0 Å². The van der Waals surface area contributed by atoms with E-state index in [4.69, 9.17) is 5.73 Å². The average molecular weight is 172 g/mol. The van der Waals surface area contributed by atoms with E-state index < -0.39 is 0 Å². The molecule has 2 atom stereocenters. The first-order chi connectivity index (χ1) is 5.65. The van der Waals surface area contributed by atoms with Crippen molar-refractivity contribution in [1.82, 2.24) is 4.90 Å². The van der Waals surface area contributed by atoms with Gasteiger partial charge in [0.1, 0.15) is 0 Å². The predicted octanol–water partition coefficient (Wildman–Crippen LogP) is -0.683. The Kier molecular flexibility index (Phi) is 3.05. The van der Waals surface area contributed by atoms with Gasteiger partial charge in [0.2, 0.25) is 5.91 Å². The summed E-state index contributed by atoms with van der Waals surface area (Å²) in [5, 5.41) is 9.23. The van der Waals surface area contributed by atoms with E-state index in [9.17, 15) is 9.90 Å². The largest absolute Gasteiger partial charge is 0.392 e. The standard InChI is InChI=1S/C8H16N2O2/c1-2-7(8(9)12)10-4-3-6(11)5-10/h6-7,11H,2-5H2,1H3,(H2,9,12)/t6-,7?/m1/s1. The van der Waals surface area contributed by atoms with E-state index in [0.29, 0.717) is 6.54 Å². The van der Waals surface area contributed by atoms with Crippen LogP contribution in [0.4, 0.5) is 0 Å². The second kappa shape index (κ2) is 3.87. The van der Waals surface area contributed by atoms with Crippen molar-refractivity contribution in [3.8, 4) is 0 Å². The van der Waals surface area contributed by atoms with Crippen molar-refractivity contribution in [3.05, 3.63) is 0 Å². The van der Waals surface area contributed by atoms with Gasteiger partial charge in [-0.3, -0.25) is 9.69 Å². The Bertz CT molecular complexity index is 172. The summed E-state index contributed by atoms with van der Waals surface area (Å²) in [6.45, 7) is 3.30. The van der Waals surface area contributed by atoms with Crippen molar-refractivity contribution >= 4 is 5.91 Å². The van der Waals surface area contributed by atoms with Crippen LogP contribution in [0.15, 0.2) is 0 Å². The number of nitrogens with two attached hydrogens (primary N) is 1. The molecule has 0 spiro atoms. The zero-order valence-corrected chi connectivity index (χ0v) is 7.36. The summed E-state index contributed by atoms with van der Waals surface area (Å²) in [6.07, 6.45) is 1.20. The molecule has 1 fully saturated rings. The first-order valence-corrected chi connectivity index (χ1v) is 4.36. The number of nitrogens with zero attached hydrogens (tertiary/aromatic N) is 1. The fourth-order valence-electron chi connectivity index (χ4n) is 1.69. The van der Waals surface area contributed by atoms with Crippen molar-refractivity contribution < 1.29 is 9.90 Å². The van der Waals surface area contributed by atoms with Crippen molar-refractivity contribution in [2.45, 2.75) is 31.9 Å². The Morgan fingerprint density at radius 1 is 1.83 bits per heavy atom. The number of amides is 1. The molecule has 4 nitrogen and oxygen atoms in total. The lowest BCUT2D eigenvalue weighted by molar-refractivity contribution is -0.123. The Labute approximate surface area is 72.3 Å². The molecule has 0 aromatic rings. The normalized spacial score (nSPS) is 27.3. The summed E-state index contributed by atoms with van der Waals surface area (Å²) in [5.74, 6) is -0.286. The predicted molar refractivity (Wildman–Crippen MR) is 45.5 cm³/mol. The smallest absolute Gasteiger partial charge is 0.234 e. The molecule has 0 aromatic carbocycles. The van der Waals surface area contributed by atoms with Crippen LogP contribution in [0.5, 0.6) is 0 Å². The molecule has 1 aliphatic rings.